The Morgan fingerprint density at radius 1 is 0.769 bits per heavy atom. The van der Waals surface area contributed by atoms with Crippen LogP contribution in [-0.2, 0) is 9.53 Å². The van der Waals surface area contributed by atoms with Crippen LogP contribution in [0.1, 0.15) is 66.7 Å². The highest BCUT2D eigenvalue weighted by Gasteiger charge is 2.60. The second-order valence-electron chi connectivity index (χ2n) is 11.0. The van der Waals surface area contributed by atoms with Gasteiger partial charge in [0.05, 0.1) is 5.71 Å². The van der Waals surface area contributed by atoms with Crippen LogP contribution in [0, 0.1) is 19.3 Å². The maximum Gasteiger partial charge on any atom is 0.397 e. The number of carbonyl (C=O) groups is 2. The summed E-state index contributed by atoms with van der Waals surface area (Å²) in [5, 5.41) is 0. The van der Waals surface area contributed by atoms with Crippen molar-refractivity contribution in [3.63, 3.8) is 0 Å². The van der Waals surface area contributed by atoms with Crippen LogP contribution in [-0.4, -0.2) is 35.3 Å². The number of alkyl halides is 3. The van der Waals surface area contributed by atoms with E-state index in [0.29, 0.717) is 11.1 Å². The van der Waals surface area contributed by atoms with E-state index >= 15 is 0 Å². The third-order valence-electron chi connectivity index (χ3n) is 6.59. The van der Waals surface area contributed by atoms with Crippen LogP contribution in [0.2, 0.25) is 0 Å². The molecule has 0 N–H and O–H groups in total. The Balaban J connectivity index is 2.24. The maximum absolute atomic E-state index is 15.0. The number of ether oxygens (including phenoxy) is 1. The molecule has 206 valence electrons. The number of carbonyl (C=O) groups excluding carboxylic acids is 2. The molecular formula is C32H34F3NO3. The number of rotatable bonds is 8. The van der Waals surface area contributed by atoms with Gasteiger partial charge in [0.1, 0.15) is 11.0 Å². The number of Topliss-reactive ketones (excluding diaryl/α,β-unsaturated/α-hetero) is 1. The fourth-order valence-electron chi connectivity index (χ4n) is 4.15. The van der Waals surface area contributed by atoms with Gasteiger partial charge < -0.3 is 4.74 Å². The Kier molecular flexibility index (Phi) is 8.84. The maximum atomic E-state index is 15.0. The molecule has 3 rings (SSSR count). The van der Waals surface area contributed by atoms with Crippen LogP contribution >= 0.6 is 0 Å². The largest absolute Gasteiger partial charge is 0.458 e. The van der Waals surface area contributed by atoms with E-state index < -0.39 is 41.4 Å². The van der Waals surface area contributed by atoms with Crippen molar-refractivity contribution in [3.05, 3.63) is 107 Å². The lowest BCUT2D eigenvalue weighted by atomic mass is 9.75. The van der Waals surface area contributed by atoms with E-state index in [1.54, 1.807) is 100 Å². The molecule has 0 amide bonds. The van der Waals surface area contributed by atoms with Crippen LogP contribution in [0.4, 0.5) is 13.2 Å². The molecule has 3 aromatic carbocycles. The van der Waals surface area contributed by atoms with Gasteiger partial charge in [-0.2, -0.15) is 13.2 Å². The Bertz CT molecular complexity index is 1300. The quantitative estimate of drug-likeness (QED) is 0.168. The molecule has 0 aliphatic carbocycles. The lowest BCUT2D eigenvalue weighted by Gasteiger charge is -2.37. The van der Waals surface area contributed by atoms with Crippen molar-refractivity contribution < 1.29 is 27.5 Å². The van der Waals surface area contributed by atoms with Crippen LogP contribution < -0.4 is 0 Å². The third-order valence-corrected chi connectivity index (χ3v) is 6.59. The van der Waals surface area contributed by atoms with Crippen LogP contribution in [0.25, 0.3) is 0 Å². The smallest absolute Gasteiger partial charge is 0.397 e. The van der Waals surface area contributed by atoms with Gasteiger partial charge in [-0.1, -0.05) is 72.8 Å². The van der Waals surface area contributed by atoms with Crippen molar-refractivity contribution in [1.29, 1.82) is 0 Å². The predicted octanol–water partition coefficient (Wildman–Crippen LogP) is 7.69. The second kappa shape index (κ2) is 11.6. The van der Waals surface area contributed by atoms with E-state index in [1.807, 2.05) is 6.92 Å². The van der Waals surface area contributed by atoms with Gasteiger partial charge in [0.25, 0.3) is 0 Å². The summed E-state index contributed by atoms with van der Waals surface area (Å²) in [6.07, 6.45) is -5.95. The number of aliphatic imine (C=N–C) groups is 1. The zero-order valence-electron chi connectivity index (χ0n) is 23.1. The molecule has 0 bridgehead atoms. The Hall–Kier alpha value is -3.74. The van der Waals surface area contributed by atoms with E-state index in [9.17, 15) is 22.8 Å². The molecule has 2 atom stereocenters. The summed E-state index contributed by atoms with van der Waals surface area (Å²) < 4.78 is 50.5. The zero-order valence-corrected chi connectivity index (χ0v) is 23.1. The molecule has 1 unspecified atom stereocenters. The summed E-state index contributed by atoms with van der Waals surface area (Å²) in [7, 11) is 0. The number of hydrogen-bond acceptors (Lipinski definition) is 4. The van der Waals surface area contributed by atoms with E-state index in [4.69, 9.17) is 4.74 Å². The number of nitrogens with zero attached hydrogens (tertiary/aromatic N) is 1. The minimum absolute atomic E-state index is 0.145. The van der Waals surface area contributed by atoms with Crippen molar-refractivity contribution in [2.24, 2.45) is 10.4 Å². The lowest BCUT2D eigenvalue weighted by molar-refractivity contribution is -0.229. The Morgan fingerprint density at radius 3 is 1.72 bits per heavy atom. The van der Waals surface area contributed by atoms with Crippen molar-refractivity contribution >= 4 is 17.5 Å². The first-order valence-electron chi connectivity index (χ1n) is 12.7. The Labute approximate surface area is 227 Å². The molecule has 3 aromatic rings. The van der Waals surface area contributed by atoms with Gasteiger partial charge in [-0.3, -0.25) is 9.79 Å². The van der Waals surface area contributed by atoms with Gasteiger partial charge in [0.2, 0.25) is 0 Å². The van der Waals surface area contributed by atoms with Gasteiger partial charge in [-0.25, -0.2) is 4.79 Å². The first-order valence-corrected chi connectivity index (χ1v) is 12.7. The van der Waals surface area contributed by atoms with E-state index in [0.717, 1.165) is 18.1 Å². The number of ketones is 1. The molecule has 0 aromatic heterocycles. The number of aryl methyl sites for hydroxylation is 2. The number of benzene rings is 3. The highest BCUT2D eigenvalue weighted by molar-refractivity contribution is 6.13. The lowest BCUT2D eigenvalue weighted by Crippen LogP contribution is -2.51. The van der Waals surface area contributed by atoms with E-state index in [-0.39, 0.29) is 11.3 Å². The molecule has 4 nitrogen and oxygen atoms in total. The minimum atomic E-state index is -4.97. The van der Waals surface area contributed by atoms with Gasteiger partial charge in [-0.15, -0.1) is 0 Å². The SMILES string of the molecule is Cc1ccc(C(=O)C[C@@](C)(C(N=C(c2ccccc2)c2ccccc2)C(=O)OC(C)(C)C)C(F)(F)F)cc1C. The van der Waals surface area contributed by atoms with Crippen LogP contribution in [0.15, 0.2) is 83.9 Å². The van der Waals surface area contributed by atoms with Gasteiger partial charge in [-0.05, 0) is 58.7 Å². The molecule has 0 fully saturated rings. The molecule has 0 aliphatic rings. The molecule has 0 saturated heterocycles. The van der Waals surface area contributed by atoms with Crippen LogP contribution in [0.5, 0.6) is 0 Å². The first kappa shape index (κ1) is 29.8. The molecule has 7 heteroatoms. The topological polar surface area (TPSA) is 55.7 Å². The fourth-order valence-corrected chi connectivity index (χ4v) is 4.15. The molecule has 0 spiro atoms. The van der Waals surface area contributed by atoms with Crippen LogP contribution in [0.3, 0.4) is 0 Å². The molecule has 0 aliphatic heterocycles. The zero-order chi connectivity index (χ0) is 29.0. The summed E-state index contributed by atoms with van der Waals surface area (Å²) in [6, 6.07) is 20.1. The van der Waals surface area contributed by atoms with Gasteiger partial charge in [0, 0.05) is 23.1 Å². The summed E-state index contributed by atoms with van der Waals surface area (Å²) in [5.74, 6) is -1.89. The number of hydrogen-bond donors (Lipinski definition) is 0. The van der Waals surface area contributed by atoms with Crippen molar-refractivity contribution in [2.75, 3.05) is 0 Å². The van der Waals surface area contributed by atoms with E-state index in [2.05, 4.69) is 4.99 Å². The van der Waals surface area contributed by atoms with Gasteiger partial charge >= 0.3 is 12.1 Å². The molecule has 0 radical (unpaired) electrons. The monoisotopic (exact) mass is 537 g/mol. The minimum Gasteiger partial charge on any atom is -0.458 e. The summed E-state index contributed by atoms with van der Waals surface area (Å²) in [6.45, 7) is 9.24. The van der Waals surface area contributed by atoms with Crippen molar-refractivity contribution in [3.8, 4) is 0 Å². The molecule has 39 heavy (non-hydrogen) atoms. The summed E-state index contributed by atoms with van der Waals surface area (Å²) in [4.78, 5) is 31.3. The molecule has 0 heterocycles. The highest BCUT2D eigenvalue weighted by Crippen LogP contribution is 2.47. The standard InChI is InChI=1S/C32H34F3NO3/c1-21-17-18-25(19-22(21)2)26(37)20-31(6,32(33,34)35)28(29(38)39-30(3,4)5)36-27(23-13-9-7-10-14-23)24-15-11-8-12-16-24/h7-19,28H,20H2,1-6H3/t28?,31-/m0/s1. The fraction of sp³-hybridized carbons (Fsp3) is 0.344. The van der Waals surface area contributed by atoms with Crippen molar-refractivity contribution in [2.45, 2.75) is 65.8 Å². The van der Waals surface area contributed by atoms with E-state index in [1.165, 1.54) is 6.07 Å². The first-order chi connectivity index (χ1) is 18.1. The number of halogens is 3. The number of esters is 1. The average Bonchev–Trinajstić information content (AvgIpc) is 2.85. The highest BCUT2D eigenvalue weighted by atomic mass is 19.4. The molecule has 0 saturated carbocycles. The average molecular weight is 538 g/mol. The molecular weight excluding hydrogens is 503 g/mol. The summed E-state index contributed by atoms with van der Waals surface area (Å²) >= 11 is 0. The summed E-state index contributed by atoms with van der Waals surface area (Å²) in [5.41, 5.74) is -0.837. The predicted molar refractivity (Wildman–Crippen MR) is 147 cm³/mol. The van der Waals surface area contributed by atoms with Gasteiger partial charge in [0.15, 0.2) is 11.8 Å². The second-order valence-corrected chi connectivity index (χ2v) is 11.0. The Morgan fingerprint density at radius 2 is 1.28 bits per heavy atom. The van der Waals surface area contributed by atoms with Crippen molar-refractivity contribution in [1.82, 2.24) is 0 Å². The third kappa shape index (κ3) is 7.22. The normalized spacial score (nSPS) is 14.2.